The Morgan fingerprint density at radius 2 is 1.92 bits per heavy atom. The lowest BCUT2D eigenvalue weighted by Gasteiger charge is -2.49. The van der Waals surface area contributed by atoms with E-state index in [4.69, 9.17) is 23.2 Å². The molecule has 0 spiro atoms. The van der Waals surface area contributed by atoms with Gasteiger partial charge in [0, 0.05) is 6.54 Å². The smallest absolute Gasteiger partial charge is 0.276 e. The van der Waals surface area contributed by atoms with Crippen LogP contribution in [0.2, 0.25) is 10.0 Å². The summed E-state index contributed by atoms with van der Waals surface area (Å²) in [6, 6.07) is 13.1. The fourth-order valence-electron chi connectivity index (χ4n) is 3.66. The summed E-state index contributed by atoms with van der Waals surface area (Å²) < 4.78 is 0. The second kappa shape index (κ2) is 5.57. The van der Waals surface area contributed by atoms with E-state index in [1.807, 2.05) is 30.3 Å². The number of hydrogen-bond donors (Lipinski definition) is 1. The van der Waals surface area contributed by atoms with Gasteiger partial charge in [-0.2, -0.15) is 0 Å². The molecule has 1 amide bonds. The first kappa shape index (κ1) is 15.6. The van der Waals surface area contributed by atoms with Crippen LogP contribution in [0.25, 0.3) is 0 Å². The third-order valence-corrected chi connectivity index (χ3v) is 5.62. The third-order valence-electron chi connectivity index (χ3n) is 4.88. The van der Waals surface area contributed by atoms with Gasteiger partial charge in [-0.1, -0.05) is 35.3 Å². The Hall–Kier alpha value is -1.91. The van der Waals surface area contributed by atoms with Crippen molar-refractivity contribution in [3.05, 3.63) is 58.1 Å². The van der Waals surface area contributed by atoms with Crippen molar-refractivity contribution in [2.75, 3.05) is 16.9 Å². The summed E-state index contributed by atoms with van der Waals surface area (Å²) in [6.45, 7) is 3.03. The average molecular weight is 362 g/mol. The first-order chi connectivity index (χ1) is 11.5. The van der Waals surface area contributed by atoms with Crippen LogP contribution >= 0.6 is 23.2 Å². The maximum atomic E-state index is 13.1. The lowest BCUT2D eigenvalue weighted by Crippen LogP contribution is -2.63. The molecule has 0 saturated carbocycles. The molecule has 2 aromatic rings. The first-order valence-corrected chi connectivity index (χ1v) is 8.69. The number of fused-ring (bicyclic) bond motifs is 3. The zero-order valence-electron chi connectivity index (χ0n) is 13.2. The van der Waals surface area contributed by atoms with Gasteiger partial charge in [-0.25, -0.2) is 5.01 Å². The number of hydrogen-bond acceptors (Lipinski definition) is 3. The minimum Gasteiger partial charge on any atom is -0.347 e. The molecule has 124 valence electrons. The normalized spacial score (nSPS) is 22.4. The summed E-state index contributed by atoms with van der Waals surface area (Å²) in [5.74, 6) is -0.0303. The fourth-order valence-corrected chi connectivity index (χ4v) is 3.95. The highest BCUT2D eigenvalue weighted by atomic mass is 35.5. The summed E-state index contributed by atoms with van der Waals surface area (Å²) in [5, 5.41) is 2.67. The maximum Gasteiger partial charge on any atom is 0.276 e. The molecule has 0 aliphatic carbocycles. The molecule has 1 unspecified atom stereocenters. The highest BCUT2D eigenvalue weighted by Gasteiger charge is 2.49. The van der Waals surface area contributed by atoms with Crippen molar-refractivity contribution in [3.63, 3.8) is 0 Å². The molecular formula is C18H17Cl2N3O. The molecule has 1 saturated heterocycles. The van der Waals surface area contributed by atoms with E-state index in [1.165, 1.54) is 0 Å². The van der Waals surface area contributed by atoms with E-state index in [2.05, 4.69) is 17.2 Å². The number of carbonyl (C=O) groups is 1. The van der Waals surface area contributed by atoms with E-state index < -0.39 is 5.66 Å². The van der Waals surface area contributed by atoms with Crippen LogP contribution in [-0.4, -0.2) is 23.1 Å². The lowest BCUT2D eigenvalue weighted by molar-refractivity contribution is 0.0580. The number of anilines is 2. The quantitative estimate of drug-likeness (QED) is 0.834. The van der Waals surface area contributed by atoms with Crippen LogP contribution in [0.15, 0.2) is 42.5 Å². The van der Waals surface area contributed by atoms with Crippen LogP contribution in [0.3, 0.4) is 0 Å². The van der Waals surface area contributed by atoms with Gasteiger partial charge in [0.1, 0.15) is 5.66 Å². The van der Waals surface area contributed by atoms with Gasteiger partial charge in [0.2, 0.25) is 0 Å². The molecule has 1 fully saturated rings. The second-order valence-electron chi connectivity index (χ2n) is 6.37. The first-order valence-electron chi connectivity index (χ1n) is 7.94. The average Bonchev–Trinajstić information content (AvgIpc) is 2.98. The highest BCUT2D eigenvalue weighted by molar-refractivity contribution is 6.42. The van der Waals surface area contributed by atoms with Gasteiger partial charge in [-0.15, -0.1) is 0 Å². The lowest BCUT2D eigenvalue weighted by atomic mass is 10.0. The molecule has 2 heterocycles. The summed E-state index contributed by atoms with van der Waals surface area (Å²) in [6.07, 6.45) is 1.94. The predicted octanol–water partition coefficient (Wildman–Crippen LogP) is 4.79. The molecule has 1 atom stereocenters. The summed E-state index contributed by atoms with van der Waals surface area (Å²) in [4.78, 5) is 15.4. The van der Waals surface area contributed by atoms with Gasteiger partial charge >= 0.3 is 0 Å². The standard InChI is InChI=1S/C18H17Cl2N3O/c1-18-9-4-10-22(18)16-6-3-2-5-13(16)17(24)23(18)21-12-7-8-14(19)15(20)11-12/h2-3,5-8,11,21H,4,9-10H2,1H3. The minimum absolute atomic E-state index is 0.0303. The fraction of sp³-hybridized carbons (Fsp3) is 0.278. The Kier molecular flexibility index (Phi) is 3.62. The summed E-state index contributed by atoms with van der Waals surface area (Å²) in [7, 11) is 0. The van der Waals surface area contributed by atoms with Crippen LogP contribution in [0, 0.1) is 0 Å². The van der Waals surface area contributed by atoms with Gasteiger partial charge in [0.25, 0.3) is 5.91 Å². The number of nitrogens with zero attached hydrogens (tertiary/aromatic N) is 2. The van der Waals surface area contributed by atoms with Gasteiger partial charge in [-0.3, -0.25) is 10.2 Å². The number of para-hydroxylation sites is 1. The number of halogens is 2. The van der Waals surface area contributed by atoms with Crippen LogP contribution in [0.1, 0.15) is 30.1 Å². The van der Waals surface area contributed by atoms with Crippen molar-refractivity contribution >= 4 is 40.5 Å². The van der Waals surface area contributed by atoms with Crippen molar-refractivity contribution in [2.45, 2.75) is 25.4 Å². The zero-order valence-corrected chi connectivity index (χ0v) is 14.7. The molecule has 6 heteroatoms. The van der Waals surface area contributed by atoms with Crippen LogP contribution in [0.4, 0.5) is 11.4 Å². The molecule has 0 aromatic heterocycles. The number of nitrogens with one attached hydrogen (secondary N) is 1. The van der Waals surface area contributed by atoms with E-state index in [0.717, 1.165) is 30.8 Å². The molecule has 2 aliphatic rings. The van der Waals surface area contributed by atoms with Crippen molar-refractivity contribution in [3.8, 4) is 0 Å². The Labute approximate surface area is 150 Å². The topological polar surface area (TPSA) is 35.6 Å². The molecule has 2 aromatic carbocycles. The van der Waals surface area contributed by atoms with Crippen molar-refractivity contribution in [2.24, 2.45) is 0 Å². The van der Waals surface area contributed by atoms with E-state index >= 15 is 0 Å². The number of benzene rings is 2. The predicted molar refractivity (Wildman–Crippen MR) is 97.7 cm³/mol. The van der Waals surface area contributed by atoms with E-state index in [0.29, 0.717) is 15.6 Å². The molecule has 0 radical (unpaired) electrons. The van der Waals surface area contributed by atoms with Crippen molar-refractivity contribution in [1.29, 1.82) is 0 Å². The second-order valence-corrected chi connectivity index (χ2v) is 7.18. The number of amides is 1. The van der Waals surface area contributed by atoms with Crippen LogP contribution in [-0.2, 0) is 0 Å². The van der Waals surface area contributed by atoms with Gasteiger partial charge in [-0.05, 0) is 50.1 Å². The van der Waals surface area contributed by atoms with E-state index in [1.54, 1.807) is 17.1 Å². The zero-order chi connectivity index (χ0) is 16.9. The number of carbonyl (C=O) groups excluding carboxylic acids is 1. The minimum atomic E-state index is -0.405. The van der Waals surface area contributed by atoms with Crippen molar-refractivity contribution in [1.82, 2.24) is 5.01 Å². The van der Waals surface area contributed by atoms with E-state index in [-0.39, 0.29) is 5.91 Å². The molecule has 0 bridgehead atoms. The molecule has 4 nitrogen and oxygen atoms in total. The van der Waals surface area contributed by atoms with E-state index in [9.17, 15) is 4.79 Å². The summed E-state index contributed by atoms with van der Waals surface area (Å²) in [5.41, 5.74) is 5.31. The largest absolute Gasteiger partial charge is 0.347 e. The Bertz CT molecular complexity index is 826. The van der Waals surface area contributed by atoms with Gasteiger partial charge < -0.3 is 4.90 Å². The van der Waals surface area contributed by atoms with Crippen LogP contribution < -0.4 is 10.3 Å². The third kappa shape index (κ3) is 2.25. The van der Waals surface area contributed by atoms with Crippen LogP contribution in [0.5, 0.6) is 0 Å². The number of rotatable bonds is 2. The monoisotopic (exact) mass is 361 g/mol. The highest BCUT2D eigenvalue weighted by Crippen LogP contribution is 2.43. The van der Waals surface area contributed by atoms with Gasteiger partial charge in [0.15, 0.2) is 0 Å². The molecule has 1 N–H and O–H groups in total. The molecule has 2 aliphatic heterocycles. The Morgan fingerprint density at radius 3 is 2.71 bits per heavy atom. The molecule has 4 rings (SSSR count). The Balaban J connectivity index is 1.77. The summed E-state index contributed by atoms with van der Waals surface area (Å²) >= 11 is 12.1. The number of hydrazine groups is 1. The maximum absolute atomic E-state index is 13.1. The molecular weight excluding hydrogens is 345 g/mol. The van der Waals surface area contributed by atoms with Crippen molar-refractivity contribution < 1.29 is 4.79 Å². The van der Waals surface area contributed by atoms with Gasteiger partial charge in [0.05, 0.1) is 27.0 Å². The Morgan fingerprint density at radius 1 is 1.12 bits per heavy atom. The SMILES string of the molecule is CC12CCCN1c1ccccc1C(=O)N2Nc1ccc(Cl)c(Cl)c1. The molecule has 24 heavy (non-hydrogen) atoms.